The zero-order chi connectivity index (χ0) is 18.8. The fraction of sp³-hybridized carbons (Fsp3) is 0.158. The van der Waals surface area contributed by atoms with Crippen molar-refractivity contribution in [3.8, 4) is 11.5 Å². The van der Waals surface area contributed by atoms with Gasteiger partial charge in [-0.05, 0) is 47.3 Å². The summed E-state index contributed by atoms with van der Waals surface area (Å²) in [6.07, 6.45) is 0. The Morgan fingerprint density at radius 2 is 1.96 bits per heavy atom. The molecule has 1 N–H and O–H groups in total. The summed E-state index contributed by atoms with van der Waals surface area (Å²) >= 11 is 1.19. The van der Waals surface area contributed by atoms with Gasteiger partial charge in [0, 0.05) is 11.2 Å². The summed E-state index contributed by atoms with van der Waals surface area (Å²) in [6.45, 7) is 0.0622. The van der Waals surface area contributed by atoms with Gasteiger partial charge in [-0.15, -0.1) is 11.3 Å². The number of rotatable bonds is 5. The van der Waals surface area contributed by atoms with Gasteiger partial charge in [-0.3, -0.25) is 4.79 Å². The lowest BCUT2D eigenvalue weighted by atomic mass is 10.2. The Morgan fingerprint density at radius 3 is 2.85 bits per heavy atom. The van der Waals surface area contributed by atoms with Gasteiger partial charge in [-0.1, -0.05) is 6.07 Å². The van der Waals surface area contributed by atoms with Crippen molar-refractivity contribution >= 4 is 33.3 Å². The van der Waals surface area contributed by atoms with Crippen molar-refractivity contribution < 1.29 is 28.2 Å². The standard InChI is InChI=1S/C19H14FNO5S/c20-13-2-4-16-12(6-13)7-17(27-16)19(23)24-9-18(22)21-8-11-1-3-14-15(5-11)26-10-25-14/h1-7H,8-10H2,(H,21,22). The van der Waals surface area contributed by atoms with Gasteiger partial charge in [0.1, 0.15) is 10.7 Å². The van der Waals surface area contributed by atoms with Crippen LogP contribution in [-0.4, -0.2) is 25.3 Å². The Hall–Kier alpha value is -3.13. The van der Waals surface area contributed by atoms with Crippen molar-refractivity contribution in [1.29, 1.82) is 0 Å². The lowest BCUT2D eigenvalue weighted by molar-refractivity contribution is -0.124. The minimum atomic E-state index is -0.616. The van der Waals surface area contributed by atoms with Crippen LogP contribution in [-0.2, 0) is 16.1 Å². The first-order valence-electron chi connectivity index (χ1n) is 8.10. The number of halogens is 1. The molecule has 0 atom stereocenters. The van der Waals surface area contributed by atoms with Crippen LogP contribution in [0.5, 0.6) is 11.5 Å². The van der Waals surface area contributed by atoms with Crippen LogP contribution in [0.15, 0.2) is 42.5 Å². The topological polar surface area (TPSA) is 73.9 Å². The van der Waals surface area contributed by atoms with Crippen LogP contribution in [0.25, 0.3) is 10.1 Å². The number of hydrogen-bond donors (Lipinski definition) is 1. The molecule has 2 aromatic carbocycles. The summed E-state index contributed by atoms with van der Waals surface area (Å²) in [4.78, 5) is 24.3. The molecule has 27 heavy (non-hydrogen) atoms. The summed E-state index contributed by atoms with van der Waals surface area (Å²) in [7, 11) is 0. The summed E-state index contributed by atoms with van der Waals surface area (Å²) in [5.74, 6) is -0.109. The minimum Gasteiger partial charge on any atom is -0.454 e. The fourth-order valence-electron chi connectivity index (χ4n) is 2.62. The zero-order valence-electron chi connectivity index (χ0n) is 14.0. The highest BCUT2D eigenvalue weighted by atomic mass is 32.1. The Morgan fingerprint density at radius 1 is 1.11 bits per heavy atom. The van der Waals surface area contributed by atoms with E-state index in [-0.39, 0.29) is 19.2 Å². The number of carbonyl (C=O) groups excluding carboxylic acids is 2. The highest BCUT2D eigenvalue weighted by molar-refractivity contribution is 7.20. The highest BCUT2D eigenvalue weighted by Gasteiger charge is 2.15. The first kappa shape index (κ1) is 17.3. The third-order valence-electron chi connectivity index (χ3n) is 3.94. The maximum absolute atomic E-state index is 13.2. The molecular weight excluding hydrogens is 373 g/mol. The molecule has 2 heterocycles. The minimum absolute atomic E-state index is 0.186. The number of benzene rings is 2. The number of fused-ring (bicyclic) bond motifs is 2. The van der Waals surface area contributed by atoms with Crippen molar-refractivity contribution in [2.24, 2.45) is 0 Å². The maximum Gasteiger partial charge on any atom is 0.348 e. The maximum atomic E-state index is 13.2. The molecule has 8 heteroatoms. The second-order valence-corrected chi connectivity index (χ2v) is 6.92. The largest absolute Gasteiger partial charge is 0.454 e. The first-order valence-corrected chi connectivity index (χ1v) is 8.91. The predicted octanol–water partition coefficient (Wildman–Crippen LogP) is 3.24. The third-order valence-corrected chi connectivity index (χ3v) is 5.04. The van der Waals surface area contributed by atoms with Crippen LogP contribution in [0, 0.1) is 5.82 Å². The second kappa shape index (κ2) is 7.24. The van der Waals surface area contributed by atoms with Crippen LogP contribution in [0.1, 0.15) is 15.2 Å². The summed E-state index contributed by atoms with van der Waals surface area (Å²) in [5, 5.41) is 3.30. The molecule has 0 spiro atoms. The molecule has 0 saturated carbocycles. The van der Waals surface area contributed by atoms with Gasteiger partial charge in [0.05, 0.1) is 0 Å². The van der Waals surface area contributed by atoms with E-state index < -0.39 is 18.5 Å². The van der Waals surface area contributed by atoms with Gasteiger partial charge >= 0.3 is 5.97 Å². The molecule has 6 nitrogen and oxygen atoms in total. The molecule has 1 aromatic heterocycles. The van der Waals surface area contributed by atoms with E-state index in [0.29, 0.717) is 21.8 Å². The zero-order valence-corrected chi connectivity index (χ0v) is 14.8. The van der Waals surface area contributed by atoms with E-state index in [9.17, 15) is 14.0 Å². The molecule has 0 unspecified atom stereocenters. The van der Waals surface area contributed by atoms with Crippen molar-refractivity contribution in [2.45, 2.75) is 6.54 Å². The fourth-order valence-corrected chi connectivity index (χ4v) is 3.56. The molecule has 1 aliphatic rings. The van der Waals surface area contributed by atoms with Gasteiger partial charge in [0.2, 0.25) is 6.79 Å². The summed E-state index contributed by atoms with van der Waals surface area (Å²) < 4.78 is 29.5. The average molecular weight is 387 g/mol. The van der Waals surface area contributed by atoms with Crippen molar-refractivity contribution in [1.82, 2.24) is 5.32 Å². The Balaban J connectivity index is 1.30. The van der Waals surface area contributed by atoms with E-state index >= 15 is 0 Å². The Bertz CT molecular complexity index is 1030. The summed E-state index contributed by atoms with van der Waals surface area (Å²) in [6, 6.07) is 11.2. The number of carbonyl (C=O) groups is 2. The van der Waals surface area contributed by atoms with Crippen molar-refractivity contribution in [3.05, 3.63) is 58.7 Å². The van der Waals surface area contributed by atoms with E-state index in [1.807, 2.05) is 6.07 Å². The van der Waals surface area contributed by atoms with Gasteiger partial charge in [-0.2, -0.15) is 0 Å². The number of amides is 1. The highest BCUT2D eigenvalue weighted by Crippen LogP contribution is 2.32. The normalized spacial score (nSPS) is 12.2. The van der Waals surface area contributed by atoms with Gasteiger partial charge < -0.3 is 19.5 Å². The molecule has 1 aliphatic heterocycles. The van der Waals surface area contributed by atoms with Crippen LogP contribution in [0.3, 0.4) is 0 Å². The van der Waals surface area contributed by atoms with E-state index in [1.54, 1.807) is 24.3 Å². The molecule has 0 saturated heterocycles. The molecule has 3 aromatic rings. The van der Waals surface area contributed by atoms with E-state index in [0.717, 1.165) is 10.3 Å². The van der Waals surface area contributed by atoms with Crippen LogP contribution in [0.4, 0.5) is 4.39 Å². The third kappa shape index (κ3) is 3.85. The molecule has 138 valence electrons. The SMILES string of the molecule is O=C(COC(=O)c1cc2cc(F)ccc2s1)NCc1ccc2c(c1)OCO2. The smallest absolute Gasteiger partial charge is 0.348 e. The monoisotopic (exact) mass is 387 g/mol. The number of esters is 1. The van der Waals surface area contributed by atoms with Crippen LogP contribution >= 0.6 is 11.3 Å². The van der Waals surface area contributed by atoms with E-state index in [4.69, 9.17) is 14.2 Å². The second-order valence-electron chi connectivity index (χ2n) is 5.83. The molecule has 4 rings (SSSR count). The van der Waals surface area contributed by atoms with Crippen molar-refractivity contribution in [2.75, 3.05) is 13.4 Å². The lowest BCUT2D eigenvalue weighted by Crippen LogP contribution is -2.28. The predicted molar refractivity (Wildman–Crippen MR) is 96.5 cm³/mol. The Labute approximate surface area is 157 Å². The first-order chi connectivity index (χ1) is 13.1. The quantitative estimate of drug-likeness (QED) is 0.681. The molecule has 0 fully saturated rings. The molecular formula is C19H14FNO5S. The van der Waals surface area contributed by atoms with E-state index in [1.165, 1.54) is 23.5 Å². The van der Waals surface area contributed by atoms with Crippen LogP contribution in [0.2, 0.25) is 0 Å². The van der Waals surface area contributed by atoms with Gasteiger partial charge in [0.25, 0.3) is 5.91 Å². The lowest BCUT2D eigenvalue weighted by Gasteiger charge is -2.07. The average Bonchev–Trinajstić information content (AvgIpc) is 3.30. The molecule has 0 aliphatic carbocycles. The number of hydrogen-bond acceptors (Lipinski definition) is 6. The van der Waals surface area contributed by atoms with Crippen LogP contribution < -0.4 is 14.8 Å². The molecule has 0 bridgehead atoms. The van der Waals surface area contributed by atoms with E-state index in [2.05, 4.69) is 5.32 Å². The number of thiophene rings is 1. The van der Waals surface area contributed by atoms with Gasteiger partial charge in [-0.25, -0.2) is 9.18 Å². The Kier molecular flexibility index (Phi) is 4.64. The summed E-state index contributed by atoms with van der Waals surface area (Å²) in [5.41, 5.74) is 0.838. The van der Waals surface area contributed by atoms with Crippen molar-refractivity contribution in [3.63, 3.8) is 0 Å². The molecule has 1 amide bonds. The molecule has 0 radical (unpaired) electrons. The van der Waals surface area contributed by atoms with Gasteiger partial charge in [0.15, 0.2) is 18.1 Å². The number of nitrogens with one attached hydrogen (secondary N) is 1. The number of ether oxygens (including phenoxy) is 3.